The number of sulfonamides is 1. The fourth-order valence-electron chi connectivity index (χ4n) is 4.47. The lowest BCUT2D eigenvalue weighted by atomic mass is 9.85. The minimum Gasteiger partial charge on any atom is -0.385 e. The molecule has 2 fully saturated rings. The lowest BCUT2D eigenvalue weighted by Gasteiger charge is -2.38. The molecule has 3 rings (SSSR count). The summed E-state index contributed by atoms with van der Waals surface area (Å²) in [4.78, 5) is 2.55. The molecule has 6 nitrogen and oxygen atoms in total. The van der Waals surface area contributed by atoms with Gasteiger partial charge in [-0.25, -0.2) is 13.1 Å². The fraction of sp³-hybridized carbons (Fsp3) is 0.650. The topological polar surface area (TPSA) is 85.2 Å². The Hall–Kier alpha value is -1.62. The summed E-state index contributed by atoms with van der Waals surface area (Å²) < 4.78 is 26.2. The number of nitrogens with zero attached hydrogens (tertiary/aromatic N) is 2. The molecule has 2 aliphatic rings. The molecule has 7 heteroatoms. The van der Waals surface area contributed by atoms with E-state index in [4.69, 9.17) is 5.26 Å². The summed E-state index contributed by atoms with van der Waals surface area (Å²) in [5, 5.41) is 12.2. The molecule has 1 saturated carbocycles. The van der Waals surface area contributed by atoms with Crippen molar-refractivity contribution in [1.82, 2.24) is 9.62 Å². The van der Waals surface area contributed by atoms with Crippen LogP contribution in [0.3, 0.4) is 0 Å². The number of anilines is 1. The SMILES string of the molecule is CCS(=O)(=O)NCC1C2CCC1CN(CCCNc1ccc(C#N)cc1)C2. The first-order valence-corrected chi connectivity index (χ1v) is 11.6. The van der Waals surface area contributed by atoms with Crippen LogP contribution in [0.5, 0.6) is 0 Å². The highest BCUT2D eigenvalue weighted by Gasteiger charge is 2.41. The van der Waals surface area contributed by atoms with Crippen LogP contribution in [0.4, 0.5) is 5.69 Å². The molecule has 2 unspecified atom stereocenters. The Morgan fingerprint density at radius 1 is 1.19 bits per heavy atom. The average Bonchev–Trinajstić information content (AvgIpc) is 2.92. The van der Waals surface area contributed by atoms with E-state index >= 15 is 0 Å². The van der Waals surface area contributed by atoms with Crippen molar-refractivity contribution in [2.45, 2.75) is 26.2 Å². The molecule has 1 saturated heterocycles. The number of piperidine rings is 1. The van der Waals surface area contributed by atoms with Crippen LogP contribution in [-0.4, -0.2) is 51.8 Å². The number of nitriles is 1. The van der Waals surface area contributed by atoms with E-state index in [-0.39, 0.29) is 5.75 Å². The first-order valence-electron chi connectivity index (χ1n) is 9.94. The Labute approximate surface area is 163 Å². The van der Waals surface area contributed by atoms with Crippen molar-refractivity contribution < 1.29 is 8.42 Å². The fourth-order valence-corrected chi connectivity index (χ4v) is 5.12. The van der Waals surface area contributed by atoms with E-state index < -0.39 is 10.0 Å². The first-order chi connectivity index (χ1) is 13.0. The third kappa shape index (κ3) is 5.44. The standard InChI is InChI=1S/C20H30N4O2S/c1-2-27(25,26)23-13-20-17-6-7-18(20)15-24(14-17)11-3-10-22-19-8-4-16(12-21)5-9-19/h4-5,8-9,17-18,20,22-23H,2-3,6-7,10-11,13-15H2,1H3. The maximum atomic E-state index is 11.7. The predicted molar refractivity (Wildman–Crippen MR) is 108 cm³/mol. The average molecular weight is 391 g/mol. The van der Waals surface area contributed by atoms with E-state index in [0.29, 0.717) is 29.9 Å². The van der Waals surface area contributed by atoms with Crippen LogP contribution in [0.2, 0.25) is 0 Å². The number of benzene rings is 1. The van der Waals surface area contributed by atoms with E-state index in [1.807, 2.05) is 24.3 Å². The molecule has 27 heavy (non-hydrogen) atoms. The normalized spacial score (nSPS) is 25.3. The second-order valence-corrected chi connectivity index (χ2v) is 9.84. The Balaban J connectivity index is 1.39. The quantitative estimate of drug-likeness (QED) is 0.632. The van der Waals surface area contributed by atoms with Gasteiger partial charge in [0.2, 0.25) is 10.0 Å². The molecular weight excluding hydrogens is 360 g/mol. The summed E-state index contributed by atoms with van der Waals surface area (Å²) in [6, 6.07) is 9.68. The number of likely N-dealkylation sites (tertiary alicyclic amines) is 1. The van der Waals surface area contributed by atoms with Crippen LogP contribution >= 0.6 is 0 Å². The summed E-state index contributed by atoms with van der Waals surface area (Å²) in [7, 11) is -3.09. The third-order valence-electron chi connectivity index (χ3n) is 6.02. The summed E-state index contributed by atoms with van der Waals surface area (Å²) in [6.45, 7) is 6.46. The van der Waals surface area contributed by atoms with Gasteiger partial charge in [-0.05, 0) is 74.8 Å². The molecule has 1 heterocycles. The van der Waals surface area contributed by atoms with Crippen LogP contribution in [0.15, 0.2) is 24.3 Å². The van der Waals surface area contributed by atoms with Crippen molar-refractivity contribution in [3.63, 3.8) is 0 Å². The van der Waals surface area contributed by atoms with Gasteiger partial charge in [0.1, 0.15) is 0 Å². The van der Waals surface area contributed by atoms with Crippen LogP contribution in [-0.2, 0) is 10.0 Å². The molecule has 1 aliphatic heterocycles. The minimum atomic E-state index is -3.09. The van der Waals surface area contributed by atoms with Gasteiger partial charge in [0.15, 0.2) is 0 Å². The minimum absolute atomic E-state index is 0.160. The summed E-state index contributed by atoms with van der Waals surface area (Å²) in [5.74, 6) is 1.90. The zero-order chi connectivity index (χ0) is 19.3. The van der Waals surface area contributed by atoms with Gasteiger partial charge < -0.3 is 10.2 Å². The lowest BCUT2D eigenvalue weighted by molar-refractivity contribution is 0.111. The van der Waals surface area contributed by atoms with Crippen molar-refractivity contribution in [3.8, 4) is 6.07 Å². The van der Waals surface area contributed by atoms with Crippen molar-refractivity contribution >= 4 is 15.7 Å². The molecule has 0 amide bonds. The van der Waals surface area contributed by atoms with E-state index in [1.165, 1.54) is 12.8 Å². The molecule has 148 valence electrons. The molecule has 2 bridgehead atoms. The molecule has 1 aromatic rings. The number of hydrogen-bond donors (Lipinski definition) is 2. The summed E-state index contributed by atoms with van der Waals surface area (Å²) >= 11 is 0. The second-order valence-electron chi connectivity index (χ2n) is 7.74. The maximum absolute atomic E-state index is 11.7. The van der Waals surface area contributed by atoms with E-state index in [0.717, 1.165) is 38.3 Å². The van der Waals surface area contributed by atoms with Gasteiger partial charge in [0.25, 0.3) is 0 Å². The molecule has 0 spiro atoms. The van der Waals surface area contributed by atoms with Gasteiger partial charge in [-0.3, -0.25) is 0 Å². The van der Waals surface area contributed by atoms with Crippen molar-refractivity contribution in [1.29, 1.82) is 5.26 Å². The summed E-state index contributed by atoms with van der Waals surface area (Å²) in [5.41, 5.74) is 1.73. The first kappa shape index (κ1) is 20.1. The van der Waals surface area contributed by atoms with Gasteiger partial charge in [-0.2, -0.15) is 5.26 Å². The lowest BCUT2D eigenvalue weighted by Crippen LogP contribution is -2.46. The molecule has 0 radical (unpaired) electrons. The number of fused-ring (bicyclic) bond motifs is 2. The Morgan fingerprint density at radius 3 is 2.44 bits per heavy atom. The third-order valence-corrected chi connectivity index (χ3v) is 7.38. The van der Waals surface area contributed by atoms with Gasteiger partial charge in [0.05, 0.1) is 17.4 Å². The Kier molecular flexibility index (Phi) is 6.74. The molecule has 0 aromatic heterocycles. The number of nitrogens with one attached hydrogen (secondary N) is 2. The van der Waals surface area contributed by atoms with Crippen LogP contribution in [0, 0.1) is 29.1 Å². The van der Waals surface area contributed by atoms with Crippen molar-refractivity contribution in [2.24, 2.45) is 17.8 Å². The van der Waals surface area contributed by atoms with Crippen LogP contribution in [0.25, 0.3) is 0 Å². The zero-order valence-electron chi connectivity index (χ0n) is 16.0. The highest BCUT2D eigenvalue weighted by molar-refractivity contribution is 7.89. The van der Waals surface area contributed by atoms with E-state index in [9.17, 15) is 8.42 Å². The van der Waals surface area contributed by atoms with Crippen molar-refractivity contribution in [2.75, 3.05) is 43.8 Å². The molecular formula is C20H30N4O2S. The molecule has 2 N–H and O–H groups in total. The van der Waals surface area contributed by atoms with Gasteiger partial charge in [-0.15, -0.1) is 0 Å². The summed E-state index contributed by atoms with van der Waals surface area (Å²) in [6.07, 6.45) is 3.53. The Morgan fingerprint density at radius 2 is 1.85 bits per heavy atom. The smallest absolute Gasteiger partial charge is 0.211 e. The van der Waals surface area contributed by atoms with Gasteiger partial charge >= 0.3 is 0 Å². The molecule has 2 atom stereocenters. The predicted octanol–water partition coefficient (Wildman–Crippen LogP) is 2.26. The molecule has 1 aromatic carbocycles. The van der Waals surface area contributed by atoms with E-state index in [1.54, 1.807) is 6.92 Å². The highest BCUT2D eigenvalue weighted by atomic mass is 32.2. The number of rotatable bonds is 9. The monoisotopic (exact) mass is 390 g/mol. The van der Waals surface area contributed by atoms with Crippen LogP contribution < -0.4 is 10.0 Å². The van der Waals surface area contributed by atoms with Gasteiger partial charge in [-0.1, -0.05) is 0 Å². The van der Waals surface area contributed by atoms with Crippen molar-refractivity contribution in [3.05, 3.63) is 29.8 Å². The maximum Gasteiger partial charge on any atom is 0.211 e. The van der Waals surface area contributed by atoms with Crippen LogP contribution in [0.1, 0.15) is 31.7 Å². The van der Waals surface area contributed by atoms with Gasteiger partial charge in [0, 0.05) is 31.9 Å². The zero-order valence-corrected chi connectivity index (χ0v) is 16.8. The second kappa shape index (κ2) is 9.05. The number of hydrogen-bond acceptors (Lipinski definition) is 5. The Bertz CT molecular complexity index is 743. The largest absolute Gasteiger partial charge is 0.385 e. The highest BCUT2D eigenvalue weighted by Crippen LogP contribution is 2.41. The molecule has 1 aliphatic carbocycles. The van der Waals surface area contributed by atoms with E-state index in [2.05, 4.69) is 21.0 Å².